The second-order valence-corrected chi connectivity index (χ2v) is 9.34. The van der Waals surface area contributed by atoms with Gasteiger partial charge in [-0.1, -0.05) is 79.0 Å². The number of hydrogen-bond donors (Lipinski definition) is 2. The van der Waals surface area contributed by atoms with Crippen molar-refractivity contribution >= 4 is 17.1 Å². The van der Waals surface area contributed by atoms with Gasteiger partial charge in [0.1, 0.15) is 0 Å². The van der Waals surface area contributed by atoms with Gasteiger partial charge in [0, 0.05) is 38.0 Å². The number of piperazine rings is 1. The average Bonchev–Trinajstić information content (AvgIpc) is 2.86. The van der Waals surface area contributed by atoms with Gasteiger partial charge >= 0.3 is 0 Å². The number of thiocarbonyl (C=S) groups is 1. The number of ether oxygens (including phenoxy) is 1. The van der Waals surface area contributed by atoms with E-state index in [0.29, 0.717) is 35.6 Å². The van der Waals surface area contributed by atoms with Crippen molar-refractivity contribution in [1.82, 2.24) is 10.2 Å². The molecule has 2 aromatic carbocycles. The van der Waals surface area contributed by atoms with E-state index in [1.165, 1.54) is 11.1 Å². The zero-order valence-corrected chi connectivity index (χ0v) is 20.0. The Balaban J connectivity index is 1.25. The topological polar surface area (TPSA) is 44.7 Å². The number of allylic oxidation sites excluding steroid dienone is 3. The molecule has 4 rings (SSSR count). The van der Waals surface area contributed by atoms with E-state index in [1.54, 1.807) is 0 Å². The van der Waals surface area contributed by atoms with Gasteiger partial charge in [0.2, 0.25) is 0 Å². The van der Waals surface area contributed by atoms with E-state index < -0.39 is 0 Å². The summed E-state index contributed by atoms with van der Waals surface area (Å²) in [6.07, 6.45) is 7.49. The Morgan fingerprint density at radius 3 is 2.45 bits per heavy atom. The highest BCUT2D eigenvalue weighted by Gasteiger charge is 2.21. The molecule has 4 nitrogen and oxygen atoms in total. The molecule has 0 saturated carbocycles. The fraction of sp³-hybridized carbons (Fsp3) is 0.393. The van der Waals surface area contributed by atoms with E-state index in [4.69, 9.17) is 17.0 Å². The van der Waals surface area contributed by atoms with Gasteiger partial charge in [-0.25, -0.2) is 0 Å². The molecule has 5 heteroatoms. The van der Waals surface area contributed by atoms with Crippen LogP contribution in [0, 0.1) is 0 Å². The molecule has 0 radical (unpaired) electrons. The van der Waals surface area contributed by atoms with Crippen molar-refractivity contribution < 1.29 is 9.84 Å². The van der Waals surface area contributed by atoms with Gasteiger partial charge in [0.05, 0.1) is 11.5 Å². The Kier molecular flexibility index (Phi) is 8.70. The summed E-state index contributed by atoms with van der Waals surface area (Å²) in [4.78, 5) is 3.15. The van der Waals surface area contributed by atoms with Gasteiger partial charge in [0.25, 0.3) is 0 Å². The van der Waals surface area contributed by atoms with Crippen LogP contribution in [0.2, 0.25) is 0 Å². The van der Waals surface area contributed by atoms with Crippen LogP contribution in [-0.4, -0.2) is 53.7 Å². The summed E-state index contributed by atoms with van der Waals surface area (Å²) < 4.78 is 5.77. The van der Waals surface area contributed by atoms with E-state index in [-0.39, 0.29) is 5.76 Å². The minimum absolute atomic E-state index is 0.126. The van der Waals surface area contributed by atoms with E-state index >= 15 is 0 Å². The number of hydrogen-bond acceptors (Lipinski definition) is 5. The molecule has 174 valence electrons. The van der Waals surface area contributed by atoms with E-state index in [9.17, 15) is 5.11 Å². The molecule has 0 spiro atoms. The van der Waals surface area contributed by atoms with Crippen molar-refractivity contribution in [2.75, 3.05) is 32.8 Å². The van der Waals surface area contributed by atoms with E-state index in [1.807, 2.05) is 12.2 Å². The summed E-state index contributed by atoms with van der Waals surface area (Å²) in [5.41, 5.74) is 2.78. The smallest absolute Gasteiger partial charge is 0.172 e. The second-order valence-electron chi connectivity index (χ2n) is 8.85. The summed E-state index contributed by atoms with van der Waals surface area (Å²) in [7, 11) is 0. The molecule has 1 aliphatic carbocycles. The quantitative estimate of drug-likeness (QED) is 0.367. The highest BCUT2D eigenvalue weighted by atomic mass is 32.1. The zero-order chi connectivity index (χ0) is 22.9. The lowest BCUT2D eigenvalue weighted by Gasteiger charge is -2.34. The van der Waals surface area contributed by atoms with Crippen molar-refractivity contribution in [2.45, 2.75) is 37.6 Å². The van der Waals surface area contributed by atoms with E-state index in [0.717, 1.165) is 45.4 Å². The molecule has 1 fully saturated rings. The van der Waals surface area contributed by atoms with Crippen LogP contribution in [-0.2, 0) is 4.74 Å². The molecule has 0 amide bonds. The first-order valence-corrected chi connectivity index (χ1v) is 12.4. The molecule has 1 unspecified atom stereocenters. The lowest BCUT2D eigenvalue weighted by Crippen LogP contribution is -2.50. The molecular formula is C28H34N2O2S. The fourth-order valence-electron chi connectivity index (χ4n) is 4.71. The van der Waals surface area contributed by atoms with Crippen molar-refractivity contribution in [2.24, 2.45) is 0 Å². The average molecular weight is 463 g/mol. The van der Waals surface area contributed by atoms with Crippen LogP contribution < -0.4 is 5.32 Å². The number of benzene rings is 2. The van der Waals surface area contributed by atoms with Crippen molar-refractivity contribution in [3.05, 3.63) is 95.5 Å². The van der Waals surface area contributed by atoms with Crippen LogP contribution in [0.15, 0.2) is 84.3 Å². The number of aliphatic hydroxyl groups excluding tert-OH is 1. The highest BCUT2D eigenvalue weighted by Crippen LogP contribution is 2.28. The predicted octanol–water partition coefficient (Wildman–Crippen LogP) is 5.38. The molecule has 1 aliphatic heterocycles. The Bertz CT molecular complexity index is 919. The molecule has 2 N–H and O–H groups in total. The van der Waals surface area contributed by atoms with Gasteiger partial charge < -0.3 is 20.1 Å². The van der Waals surface area contributed by atoms with Gasteiger partial charge in [-0.15, -0.1) is 0 Å². The van der Waals surface area contributed by atoms with Crippen LogP contribution in [0.1, 0.15) is 42.7 Å². The summed E-state index contributed by atoms with van der Waals surface area (Å²) >= 11 is 5.15. The minimum atomic E-state index is 0.126. The summed E-state index contributed by atoms with van der Waals surface area (Å²) in [6.45, 7) is 4.86. The van der Waals surface area contributed by atoms with Crippen LogP contribution in [0.3, 0.4) is 0 Å². The van der Waals surface area contributed by atoms with Crippen LogP contribution in [0.4, 0.5) is 0 Å². The first-order chi connectivity index (χ1) is 16.2. The Morgan fingerprint density at radius 2 is 1.76 bits per heavy atom. The summed E-state index contributed by atoms with van der Waals surface area (Å²) in [5, 5.41) is 13.7. The Morgan fingerprint density at radius 1 is 1.06 bits per heavy atom. The third kappa shape index (κ3) is 6.76. The molecule has 0 bridgehead atoms. The zero-order valence-electron chi connectivity index (χ0n) is 19.2. The number of nitrogens with zero attached hydrogens (tertiary/aromatic N) is 1. The van der Waals surface area contributed by atoms with Gasteiger partial charge in [-0.2, -0.15) is 0 Å². The normalized spacial score (nSPS) is 19.3. The first-order valence-electron chi connectivity index (χ1n) is 12.0. The lowest BCUT2D eigenvalue weighted by molar-refractivity contribution is 0.168. The second kappa shape index (κ2) is 12.1. The van der Waals surface area contributed by atoms with Crippen LogP contribution in [0.25, 0.3) is 0 Å². The van der Waals surface area contributed by atoms with Crippen LogP contribution in [0.5, 0.6) is 0 Å². The van der Waals surface area contributed by atoms with Gasteiger partial charge in [-0.05, 0) is 43.0 Å². The third-order valence-corrected chi connectivity index (χ3v) is 6.86. The molecule has 0 aromatic heterocycles. The molecule has 33 heavy (non-hydrogen) atoms. The van der Waals surface area contributed by atoms with Crippen molar-refractivity contribution in [3.63, 3.8) is 0 Å². The molecule has 1 atom stereocenters. The maximum Gasteiger partial charge on any atom is 0.172 e. The molecule has 1 heterocycles. The van der Waals surface area contributed by atoms with Gasteiger partial charge in [0.15, 0.2) is 11.5 Å². The summed E-state index contributed by atoms with van der Waals surface area (Å²) in [6, 6.07) is 22.2. The fourth-order valence-corrected chi connectivity index (χ4v) is 4.91. The molecule has 2 aromatic rings. The highest BCUT2D eigenvalue weighted by molar-refractivity contribution is 7.80. The number of nitrogens with one attached hydrogen (secondary N) is 1. The standard InChI is InChI=1S/C28H34N2O2S/c31-28-26(14-7-15-27(28)33)32-20-8-13-24-21-30(19-17-29-24)18-16-25(22-9-3-1-4-10-22)23-11-5-2-6-12-23/h1-7,9-12,14,24-25,29,31H,8,13,15-21H2. The lowest BCUT2D eigenvalue weighted by atomic mass is 9.88. The molecule has 2 aliphatic rings. The molecular weight excluding hydrogens is 428 g/mol. The van der Waals surface area contributed by atoms with Crippen molar-refractivity contribution in [3.8, 4) is 0 Å². The summed E-state index contributed by atoms with van der Waals surface area (Å²) in [5.74, 6) is 1.06. The first kappa shape index (κ1) is 23.7. The Labute approximate surface area is 203 Å². The van der Waals surface area contributed by atoms with Crippen LogP contribution >= 0.6 is 12.2 Å². The number of aliphatic hydroxyl groups is 1. The predicted molar refractivity (Wildman–Crippen MR) is 139 cm³/mol. The van der Waals surface area contributed by atoms with Crippen molar-refractivity contribution in [1.29, 1.82) is 0 Å². The minimum Gasteiger partial charge on any atom is -0.503 e. The third-order valence-electron chi connectivity index (χ3n) is 6.50. The number of rotatable bonds is 10. The molecule has 1 saturated heterocycles. The maximum atomic E-state index is 10.0. The van der Waals surface area contributed by atoms with E-state index in [2.05, 4.69) is 70.9 Å². The monoisotopic (exact) mass is 462 g/mol. The van der Waals surface area contributed by atoms with Gasteiger partial charge in [-0.3, -0.25) is 0 Å². The Hall–Kier alpha value is -2.47. The maximum absolute atomic E-state index is 10.0. The largest absolute Gasteiger partial charge is 0.503 e. The SMILES string of the molecule is OC1=C(OCCCC2CN(CCC(c3ccccc3)c3ccccc3)CCN2)C=CCC1=S.